The van der Waals surface area contributed by atoms with Crippen LogP contribution in [0.1, 0.15) is 10.4 Å². The lowest BCUT2D eigenvalue weighted by molar-refractivity contribution is 0.102. The quantitative estimate of drug-likeness (QED) is 0.780. The van der Waals surface area contributed by atoms with Crippen molar-refractivity contribution in [2.75, 3.05) is 5.32 Å². The Hall–Kier alpha value is -3.15. The Morgan fingerprint density at radius 1 is 1.18 bits per heavy atom. The molecule has 0 bridgehead atoms. The van der Waals surface area contributed by atoms with E-state index in [-0.39, 0.29) is 11.2 Å². The largest absolute Gasteiger partial charge is 0.367 e. The molecule has 0 atom stereocenters. The second kappa shape index (κ2) is 5.69. The maximum atomic E-state index is 14.1. The lowest BCUT2D eigenvalue weighted by atomic mass is 10.2. The molecule has 0 saturated heterocycles. The monoisotopic (exact) mass is 297 g/mol. The molecule has 22 heavy (non-hydrogen) atoms. The molecular formula is C16H12FN3O2. The highest BCUT2D eigenvalue weighted by molar-refractivity contribution is 6.04. The summed E-state index contributed by atoms with van der Waals surface area (Å²) in [7, 11) is 0. The summed E-state index contributed by atoms with van der Waals surface area (Å²) in [5.74, 6) is -1.03. The lowest BCUT2D eigenvalue weighted by Gasteiger charge is -2.09. The summed E-state index contributed by atoms with van der Waals surface area (Å²) in [6.07, 6.45) is 4.68. The van der Waals surface area contributed by atoms with Crippen molar-refractivity contribution in [1.82, 2.24) is 9.55 Å². The molecule has 0 fully saturated rings. The van der Waals surface area contributed by atoms with Crippen molar-refractivity contribution in [3.8, 4) is 5.69 Å². The number of aromatic amines is 1. The van der Waals surface area contributed by atoms with Crippen molar-refractivity contribution < 1.29 is 9.18 Å². The van der Waals surface area contributed by atoms with E-state index in [9.17, 15) is 14.0 Å². The van der Waals surface area contributed by atoms with E-state index in [1.54, 1.807) is 36.7 Å². The van der Waals surface area contributed by atoms with E-state index < -0.39 is 11.7 Å². The summed E-state index contributed by atoms with van der Waals surface area (Å²) in [6.45, 7) is 0. The zero-order valence-corrected chi connectivity index (χ0v) is 11.4. The van der Waals surface area contributed by atoms with Crippen molar-refractivity contribution in [3.63, 3.8) is 0 Å². The maximum Gasteiger partial charge on any atom is 0.257 e. The fourth-order valence-corrected chi connectivity index (χ4v) is 2.06. The summed E-state index contributed by atoms with van der Waals surface area (Å²) in [4.78, 5) is 26.4. The van der Waals surface area contributed by atoms with Crippen molar-refractivity contribution in [1.29, 1.82) is 0 Å². The molecule has 3 rings (SSSR count). The van der Waals surface area contributed by atoms with Crippen molar-refractivity contribution in [3.05, 3.63) is 82.8 Å². The molecule has 0 saturated carbocycles. The zero-order valence-electron chi connectivity index (χ0n) is 11.4. The third kappa shape index (κ3) is 2.67. The van der Waals surface area contributed by atoms with Crippen LogP contribution in [-0.4, -0.2) is 15.5 Å². The number of carbonyl (C=O) groups excluding carboxylic acids is 1. The standard InChI is InChI=1S/C16H12FN3O2/c17-13-9-12(20-8-2-1-3-15(20)21)4-5-14(13)19-16(22)11-6-7-18-10-11/h1-10,18H,(H,19,22). The minimum Gasteiger partial charge on any atom is -0.367 e. The van der Waals surface area contributed by atoms with Crippen LogP contribution < -0.4 is 10.9 Å². The average molecular weight is 297 g/mol. The number of carbonyl (C=O) groups is 1. The Morgan fingerprint density at radius 3 is 2.73 bits per heavy atom. The minimum absolute atomic E-state index is 0.0546. The van der Waals surface area contributed by atoms with Gasteiger partial charge in [0.2, 0.25) is 0 Å². The van der Waals surface area contributed by atoms with E-state index in [0.29, 0.717) is 11.3 Å². The summed E-state index contributed by atoms with van der Waals surface area (Å²) in [5, 5.41) is 2.48. The second-order valence-electron chi connectivity index (χ2n) is 4.63. The van der Waals surface area contributed by atoms with Gasteiger partial charge in [0, 0.05) is 30.7 Å². The third-order valence-corrected chi connectivity index (χ3v) is 3.16. The van der Waals surface area contributed by atoms with Gasteiger partial charge in [0.05, 0.1) is 16.9 Å². The smallest absolute Gasteiger partial charge is 0.257 e. The first-order valence-corrected chi connectivity index (χ1v) is 6.57. The summed E-state index contributed by atoms with van der Waals surface area (Å²) < 4.78 is 15.5. The topological polar surface area (TPSA) is 66.9 Å². The van der Waals surface area contributed by atoms with Gasteiger partial charge in [-0.15, -0.1) is 0 Å². The first-order chi connectivity index (χ1) is 10.6. The van der Waals surface area contributed by atoms with Crippen LogP contribution in [0.15, 0.2) is 65.8 Å². The number of nitrogens with zero attached hydrogens (tertiary/aromatic N) is 1. The Morgan fingerprint density at radius 2 is 2.05 bits per heavy atom. The minimum atomic E-state index is -0.614. The first kappa shape index (κ1) is 13.8. The number of nitrogens with one attached hydrogen (secondary N) is 2. The van der Waals surface area contributed by atoms with Crippen LogP contribution in [0.5, 0.6) is 0 Å². The van der Waals surface area contributed by atoms with Crippen LogP contribution in [0.3, 0.4) is 0 Å². The second-order valence-corrected chi connectivity index (χ2v) is 4.63. The summed E-state index contributed by atoms with van der Waals surface area (Å²) >= 11 is 0. The predicted octanol–water partition coefficient (Wildman–Crippen LogP) is 2.56. The number of pyridine rings is 1. The molecule has 5 nitrogen and oxygen atoms in total. The highest BCUT2D eigenvalue weighted by Gasteiger charge is 2.11. The highest BCUT2D eigenvalue weighted by Crippen LogP contribution is 2.18. The van der Waals surface area contributed by atoms with Gasteiger partial charge in [-0.2, -0.15) is 0 Å². The molecule has 1 aromatic carbocycles. The van der Waals surface area contributed by atoms with E-state index >= 15 is 0 Å². The van der Waals surface area contributed by atoms with Crippen LogP contribution in [0.4, 0.5) is 10.1 Å². The van der Waals surface area contributed by atoms with E-state index in [2.05, 4.69) is 10.3 Å². The van der Waals surface area contributed by atoms with Gasteiger partial charge >= 0.3 is 0 Å². The molecular weight excluding hydrogens is 285 g/mol. The zero-order chi connectivity index (χ0) is 15.5. The van der Waals surface area contributed by atoms with Gasteiger partial charge < -0.3 is 10.3 Å². The summed E-state index contributed by atoms with van der Waals surface area (Å²) in [5.41, 5.74) is 0.593. The lowest BCUT2D eigenvalue weighted by Crippen LogP contribution is -2.16. The molecule has 0 radical (unpaired) electrons. The van der Waals surface area contributed by atoms with Crippen LogP contribution in [-0.2, 0) is 0 Å². The third-order valence-electron chi connectivity index (χ3n) is 3.16. The number of amides is 1. The number of anilines is 1. The van der Waals surface area contributed by atoms with Gasteiger partial charge in [0.15, 0.2) is 0 Å². The molecule has 1 amide bonds. The molecule has 2 heterocycles. The Balaban J connectivity index is 1.89. The van der Waals surface area contributed by atoms with Gasteiger partial charge in [-0.1, -0.05) is 6.07 Å². The number of benzene rings is 1. The highest BCUT2D eigenvalue weighted by atomic mass is 19.1. The number of hydrogen-bond donors (Lipinski definition) is 2. The SMILES string of the molecule is O=C(Nc1ccc(-n2ccccc2=O)cc1F)c1cc[nH]c1. The summed E-state index contributed by atoms with van der Waals surface area (Å²) in [6, 6.07) is 10.5. The molecule has 3 aromatic rings. The van der Waals surface area contributed by atoms with Crippen LogP contribution in [0.2, 0.25) is 0 Å². The Bertz CT molecular complexity index is 869. The van der Waals surface area contributed by atoms with Crippen molar-refractivity contribution in [2.45, 2.75) is 0 Å². The molecule has 2 N–H and O–H groups in total. The van der Waals surface area contributed by atoms with Crippen molar-refractivity contribution >= 4 is 11.6 Å². The molecule has 0 spiro atoms. The number of H-pyrrole nitrogens is 1. The average Bonchev–Trinajstić information content (AvgIpc) is 3.04. The fourth-order valence-electron chi connectivity index (χ4n) is 2.06. The number of hydrogen-bond acceptors (Lipinski definition) is 2. The van der Waals surface area contributed by atoms with E-state index in [0.717, 1.165) is 0 Å². The Labute approximate surface area is 125 Å². The molecule has 0 aliphatic carbocycles. The van der Waals surface area contributed by atoms with Crippen LogP contribution in [0.25, 0.3) is 5.69 Å². The van der Waals surface area contributed by atoms with Gasteiger partial charge in [-0.25, -0.2) is 4.39 Å². The number of rotatable bonds is 3. The number of halogens is 1. The Kier molecular flexibility index (Phi) is 3.57. The normalized spacial score (nSPS) is 10.4. The van der Waals surface area contributed by atoms with Crippen LogP contribution >= 0.6 is 0 Å². The van der Waals surface area contributed by atoms with Gasteiger partial charge in [-0.3, -0.25) is 14.2 Å². The van der Waals surface area contributed by atoms with Gasteiger partial charge in [0.1, 0.15) is 5.82 Å². The van der Waals surface area contributed by atoms with E-state index in [1.165, 1.54) is 29.0 Å². The van der Waals surface area contributed by atoms with Gasteiger partial charge in [0.25, 0.3) is 11.5 Å². The number of aromatic nitrogens is 2. The van der Waals surface area contributed by atoms with Gasteiger partial charge in [-0.05, 0) is 24.3 Å². The van der Waals surface area contributed by atoms with E-state index in [4.69, 9.17) is 0 Å². The molecule has 0 unspecified atom stereocenters. The molecule has 0 aliphatic heterocycles. The van der Waals surface area contributed by atoms with Crippen molar-refractivity contribution in [2.24, 2.45) is 0 Å². The van der Waals surface area contributed by atoms with Crippen LogP contribution in [0, 0.1) is 5.82 Å². The molecule has 2 aromatic heterocycles. The predicted molar refractivity (Wildman–Crippen MR) is 80.7 cm³/mol. The maximum absolute atomic E-state index is 14.1. The first-order valence-electron chi connectivity index (χ1n) is 6.57. The molecule has 6 heteroatoms. The fraction of sp³-hybridized carbons (Fsp3) is 0. The van der Waals surface area contributed by atoms with E-state index in [1.807, 2.05) is 0 Å². The molecule has 0 aliphatic rings. The molecule has 110 valence electrons.